The molecule has 3 saturated heterocycles. The van der Waals surface area contributed by atoms with Crippen molar-refractivity contribution in [2.75, 3.05) is 26.0 Å². The summed E-state index contributed by atoms with van der Waals surface area (Å²) >= 11 is 1.76. The molecule has 3 aliphatic rings. The van der Waals surface area contributed by atoms with E-state index in [1.165, 1.54) is 16.9 Å². The van der Waals surface area contributed by atoms with Crippen LogP contribution in [0.4, 0.5) is 13.2 Å². The number of hydrogen-bond donors (Lipinski definition) is 1. The first-order chi connectivity index (χ1) is 16.9. The Bertz CT molecular complexity index is 1020. The fourth-order valence-electron chi connectivity index (χ4n) is 5.66. The van der Waals surface area contributed by atoms with Gasteiger partial charge in [0.15, 0.2) is 0 Å². The van der Waals surface area contributed by atoms with Crippen LogP contribution in [0.1, 0.15) is 44.7 Å². The van der Waals surface area contributed by atoms with Gasteiger partial charge in [-0.15, -0.1) is 11.8 Å². The largest absolute Gasteiger partial charge is 0.490 e. The lowest BCUT2D eigenvalue weighted by Gasteiger charge is -2.44. The van der Waals surface area contributed by atoms with E-state index in [1.807, 2.05) is 19.1 Å². The van der Waals surface area contributed by atoms with Gasteiger partial charge in [0.2, 0.25) is 11.8 Å². The molecule has 0 radical (unpaired) electrons. The number of piperidine rings is 1. The highest BCUT2D eigenvalue weighted by Crippen LogP contribution is 2.58. The summed E-state index contributed by atoms with van der Waals surface area (Å²) in [5.74, 6) is -3.73. The molecule has 0 bridgehead atoms. The number of likely N-dealkylation sites (tertiary alicyclic amines) is 1. The molecule has 3 heterocycles. The molecule has 8 nitrogen and oxygen atoms in total. The van der Waals surface area contributed by atoms with E-state index in [4.69, 9.17) is 14.6 Å². The zero-order chi connectivity index (χ0) is 26.8. The number of ether oxygens (including phenoxy) is 1. The van der Waals surface area contributed by atoms with E-state index in [2.05, 4.69) is 24.0 Å². The normalized spacial score (nSPS) is 27.7. The van der Waals surface area contributed by atoms with Gasteiger partial charge in [0.05, 0.1) is 18.9 Å². The Morgan fingerprint density at radius 2 is 1.75 bits per heavy atom. The van der Waals surface area contributed by atoms with Gasteiger partial charge in [0.1, 0.15) is 5.54 Å². The Balaban J connectivity index is 0.000000454. The number of thioether (sulfide) groups is 1. The van der Waals surface area contributed by atoms with E-state index in [1.54, 1.807) is 11.8 Å². The third-order valence-electron chi connectivity index (χ3n) is 6.98. The standard InChI is InChI=1S/C22H28N2O4S.C2HF3O2/c1-4-23-19(25)16-17(20(23)26)22(21(27)28-3)12-6-7-13-24(22)18(16)14-8-10-15(11-9-14)29-5-2;3-2(4,5)1(6)7/h8-11,16-18H,4-7,12-13H2,1-3H3;(H,6,7)/t16?,17?,18?,22-;/m0./s1. The molecule has 0 saturated carbocycles. The Morgan fingerprint density at radius 3 is 2.25 bits per heavy atom. The number of imide groups is 1. The number of esters is 1. The van der Waals surface area contributed by atoms with Crippen LogP contribution in [0.2, 0.25) is 0 Å². The second-order valence-corrected chi connectivity index (χ2v) is 10.1. The lowest BCUT2D eigenvalue weighted by atomic mass is 9.75. The number of nitrogens with zero attached hydrogens (tertiary/aromatic N) is 2. The topological polar surface area (TPSA) is 104 Å². The van der Waals surface area contributed by atoms with Crippen LogP contribution in [0, 0.1) is 11.8 Å². The van der Waals surface area contributed by atoms with E-state index in [-0.39, 0.29) is 23.8 Å². The zero-order valence-corrected chi connectivity index (χ0v) is 21.0. The fourth-order valence-corrected chi connectivity index (χ4v) is 6.32. The second kappa shape index (κ2) is 10.8. The van der Waals surface area contributed by atoms with Crippen LogP contribution in [-0.2, 0) is 23.9 Å². The number of carboxylic acid groups (broad SMARTS) is 1. The van der Waals surface area contributed by atoms with E-state index in [0.29, 0.717) is 19.5 Å². The van der Waals surface area contributed by atoms with Gasteiger partial charge >= 0.3 is 18.1 Å². The molecule has 1 N–H and O–H groups in total. The average Bonchev–Trinajstić information content (AvgIpc) is 3.29. The van der Waals surface area contributed by atoms with Crippen LogP contribution >= 0.6 is 11.8 Å². The molecule has 3 fully saturated rings. The predicted molar refractivity (Wildman–Crippen MR) is 124 cm³/mol. The summed E-state index contributed by atoms with van der Waals surface area (Å²) in [6.45, 7) is 4.94. The third kappa shape index (κ3) is 4.72. The number of methoxy groups -OCH3 is 1. The van der Waals surface area contributed by atoms with Gasteiger partial charge in [-0.2, -0.15) is 13.2 Å². The number of carbonyl (C=O) groups excluding carboxylic acids is 3. The van der Waals surface area contributed by atoms with Crippen molar-refractivity contribution in [1.82, 2.24) is 9.80 Å². The summed E-state index contributed by atoms with van der Waals surface area (Å²) in [5, 5.41) is 7.12. The summed E-state index contributed by atoms with van der Waals surface area (Å²) < 4.78 is 37.0. The van der Waals surface area contributed by atoms with E-state index >= 15 is 0 Å². The lowest BCUT2D eigenvalue weighted by molar-refractivity contribution is -0.192. The van der Waals surface area contributed by atoms with E-state index in [0.717, 1.165) is 24.2 Å². The Morgan fingerprint density at radius 1 is 1.14 bits per heavy atom. The molecule has 0 spiro atoms. The second-order valence-electron chi connectivity index (χ2n) is 8.74. The van der Waals surface area contributed by atoms with Gasteiger partial charge in [-0.05, 0) is 56.2 Å². The molecule has 198 valence electrons. The molecule has 1 aromatic rings. The van der Waals surface area contributed by atoms with Crippen molar-refractivity contribution >= 4 is 35.5 Å². The summed E-state index contributed by atoms with van der Waals surface area (Å²) in [4.78, 5) is 53.2. The number of halogens is 3. The molecule has 3 aliphatic heterocycles. The highest BCUT2D eigenvalue weighted by atomic mass is 32.2. The number of hydrogen-bond acceptors (Lipinski definition) is 7. The van der Waals surface area contributed by atoms with Gasteiger partial charge in [-0.1, -0.05) is 19.1 Å². The van der Waals surface area contributed by atoms with Crippen LogP contribution in [0.3, 0.4) is 0 Å². The van der Waals surface area contributed by atoms with Crippen LogP contribution in [0.25, 0.3) is 0 Å². The predicted octanol–water partition coefficient (Wildman–Crippen LogP) is 3.51. The van der Waals surface area contributed by atoms with Crippen LogP contribution in [-0.4, -0.2) is 76.3 Å². The van der Waals surface area contributed by atoms with E-state index < -0.39 is 29.5 Å². The minimum Gasteiger partial charge on any atom is -0.475 e. The number of rotatable bonds is 5. The first kappa shape index (κ1) is 28.0. The van der Waals surface area contributed by atoms with Crippen molar-refractivity contribution < 1.29 is 42.2 Å². The third-order valence-corrected chi connectivity index (χ3v) is 7.88. The monoisotopic (exact) mass is 530 g/mol. The fraction of sp³-hybridized carbons (Fsp3) is 0.583. The number of amides is 2. The molecule has 0 aromatic heterocycles. The van der Waals surface area contributed by atoms with Crippen LogP contribution < -0.4 is 0 Å². The van der Waals surface area contributed by atoms with Crippen molar-refractivity contribution in [3.05, 3.63) is 29.8 Å². The van der Waals surface area contributed by atoms with Gasteiger partial charge in [0.25, 0.3) is 0 Å². The van der Waals surface area contributed by atoms with Crippen LogP contribution in [0.5, 0.6) is 0 Å². The number of fused-ring (bicyclic) bond motifs is 3. The van der Waals surface area contributed by atoms with Crippen molar-refractivity contribution in [1.29, 1.82) is 0 Å². The number of carboxylic acids is 1. The summed E-state index contributed by atoms with van der Waals surface area (Å²) in [6, 6.07) is 7.95. The Kier molecular flexibility index (Phi) is 8.39. The van der Waals surface area contributed by atoms with Gasteiger partial charge in [-0.25, -0.2) is 4.79 Å². The molecular weight excluding hydrogens is 501 g/mol. The molecular formula is C24H29F3N2O6S. The molecule has 4 rings (SSSR count). The highest BCUT2D eigenvalue weighted by Gasteiger charge is 2.72. The molecule has 12 heteroatoms. The quantitative estimate of drug-likeness (QED) is 0.351. The first-order valence-electron chi connectivity index (χ1n) is 11.7. The maximum Gasteiger partial charge on any atom is 0.490 e. The minimum absolute atomic E-state index is 0.155. The summed E-state index contributed by atoms with van der Waals surface area (Å²) in [5.41, 5.74) is -0.0530. The maximum atomic E-state index is 13.3. The number of benzene rings is 1. The average molecular weight is 531 g/mol. The SMILES string of the molecule is CCSc1ccc(C2C3C(=O)N(CC)C(=O)C3[C@]3(C(=O)OC)CCCCN23)cc1.O=C(O)C(F)(F)F. The van der Waals surface area contributed by atoms with Gasteiger partial charge < -0.3 is 9.84 Å². The smallest absolute Gasteiger partial charge is 0.475 e. The van der Waals surface area contributed by atoms with Crippen LogP contribution in [0.15, 0.2) is 29.2 Å². The highest BCUT2D eigenvalue weighted by molar-refractivity contribution is 7.99. The van der Waals surface area contributed by atoms with Gasteiger partial charge in [-0.3, -0.25) is 24.2 Å². The summed E-state index contributed by atoms with van der Waals surface area (Å²) in [6.07, 6.45) is -2.74. The number of aliphatic carboxylic acids is 1. The minimum atomic E-state index is -5.08. The van der Waals surface area contributed by atoms with Crippen molar-refractivity contribution in [2.24, 2.45) is 11.8 Å². The Hall–Kier alpha value is -2.60. The van der Waals surface area contributed by atoms with Crippen molar-refractivity contribution in [3.8, 4) is 0 Å². The van der Waals surface area contributed by atoms with Crippen molar-refractivity contribution in [3.63, 3.8) is 0 Å². The molecule has 2 amide bonds. The molecule has 4 atom stereocenters. The van der Waals surface area contributed by atoms with Crippen molar-refractivity contribution in [2.45, 2.75) is 55.8 Å². The lowest BCUT2D eigenvalue weighted by Crippen LogP contribution is -2.59. The number of alkyl halides is 3. The molecule has 3 unspecified atom stereocenters. The molecule has 1 aromatic carbocycles. The molecule has 0 aliphatic carbocycles. The Labute approximate surface area is 211 Å². The number of carbonyl (C=O) groups is 4. The maximum absolute atomic E-state index is 13.3. The van der Waals surface area contributed by atoms with E-state index in [9.17, 15) is 27.6 Å². The van der Waals surface area contributed by atoms with Gasteiger partial charge in [0, 0.05) is 17.5 Å². The molecule has 36 heavy (non-hydrogen) atoms. The summed E-state index contributed by atoms with van der Waals surface area (Å²) in [7, 11) is 1.38. The first-order valence-corrected chi connectivity index (χ1v) is 12.7. The zero-order valence-electron chi connectivity index (χ0n) is 20.2.